The molecule has 0 radical (unpaired) electrons. The second-order valence-electron chi connectivity index (χ2n) is 7.70. The van der Waals surface area contributed by atoms with Gasteiger partial charge < -0.3 is 21.1 Å². The van der Waals surface area contributed by atoms with Gasteiger partial charge >= 0.3 is 5.69 Å². The standard InChI is InChI=1S/C22H27N7O6/c1-3-22(4-2,14-6-5-9-25-17(14)20(23)30)21(31)26-11-13-34-12-10-24-15-7-8-16(29(32)33)19-18(15)27-35-28-19/h5-9,24H,3-4,10-13H2,1-2H3,(H2,23,30)(H,26,31). The number of hydrogen-bond donors (Lipinski definition) is 3. The van der Waals surface area contributed by atoms with Gasteiger partial charge in [-0.2, -0.15) is 0 Å². The van der Waals surface area contributed by atoms with E-state index in [0.717, 1.165) is 0 Å². The van der Waals surface area contributed by atoms with Gasteiger partial charge in [0.1, 0.15) is 5.69 Å². The molecule has 0 atom stereocenters. The van der Waals surface area contributed by atoms with Crippen LogP contribution in [0.3, 0.4) is 0 Å². The molecule has 13 heteroatoms. The number of amides is 2. The molecule has 0 saturated heterocycles. The van der Waals surface area contributed by atoms with E-state index in [0.29, 0.717) is 37.2 Å². The molecule has 0 spiro atoms. The highest BCUT2D eigenvalue weighted by atomic mass is 16.6. The minimum absolute atomic E-state index is 0.0621. The highest BCUT2D eigenvalue weighted by Crippen LogP contribution is 2.33. The maximum Gasteiger partial charge on any atom is 0.300 e. The van der Waals surface area contributed by atoms with Crippen LogP contribution in [0.15, 0.2) is 35.1 Å². The number of pyridine rings is 1. The van der Waals surface area contributed by atoms with Crippen molar-refractivity contribution in [1.82, 2.24) is 20.6 Å². The number of nitrogens with zero attached hydrogens (tertiary/aromatic N) is 4. The van der Waals surface area contributed by atoms with Crippen LogP contribution in [0, 0.1) is 10.1 Å². The number of fused-ring (bicyclic) bond motifs is 1. The number of hydrogen-bond acceptors (Lipinski definition) is 10. The first kappa shape index (κ1) is 25.5. The highest BCUT2D eigenvalue weighted by Gasteiger charge is 2.39. The van der Waals surface area contributed by atoms with Gasteiger partial charge in [-0.25, -0.2) is 4.63 Å². The average molecular weight is 486 g/mol. The molecule has 0 saturated carbocycles. The first-order valence-electron chi connectivity index (χ1n) is 11.1. The van der Waals surface area contributed by atoms with Gasteiger partial charge in [0.2, 0.25) is 11.4 Å². The van der Waals surface area contributed by atoms with E-state index in [1.165, 1.54) is 18.3 Å². The molecule has 186 valence electrons. The summed E-state index contributed by atoms with van der Waals surface area (Å²) in [5.41, 5.74) is 5.80. The van der Waals surface area contributed by atoms with Crippen LogP contribution in [0.1, 0.15) is 42.7 Å². The molecule has 1 aromatic carbocycles. The van der Waals surface area contributed by atoms with Crippen LogP contribution in [0.25, 0.3) is 11.0 Å². The normalized spacial score (nSPS) is 11.4. The number of nitrogens with one attached hydrogen (secondary N) is 2. The molecule has 0 aliphatic carbocycles. The Hall–Kier alpha value is -4.13. The Balaban J connectivity index is 1.50. The van der Waals surface area contributed by atoms with Crippen molar-refractivity contribution in [1.29, 1.82) is 0 Å². The third kappa shape index (κ3) is 5.35. The average Bonchev–Trinajstić information content (AvgIpc) is 3.35. The van der Waals surface area contributed by atoms with E-state index in [1.807, 2.05) is 13.8 Å². The van der Waals surface area contributed by atoms with Gasteiger partial charge in [0, 0.05) is 25.4 Å². The minimum Gasteiger partial charge on any atom is -0.381 e. The number of aromatic nitrogens is 3. The fourth-order valence-corrected chi connectivity index (χ4v) is 3.97. The Morgan fingerprint density at radius 2 is 1.86 bits per heavy atom. The van der Waals surface area contributed by atoms with Crippen molar-refractivity contribution in [3.63, 3.8) is 0 Å². The lowest BCUT2D eigenvalue weighted by Crippen LogP contribution is -2.46. The lowest BCUT2D eigenvalue weighted by molar-refractivity contribution is -0.383. The molecule has 2 aromatic heterocycles. The van der Waals surface area contributed by atoms with Crippen LogP contribution >= 0.6 is 0 Å². The van der Waals surface area contributed by atoms with Crippen molar-refractivity contribution in [2.24, 2.45) is 5.73 Å². The zero-order valence-electron chi connectivity index (χ0n) is 19.4. The topological polar surface area (TPSA) is 188 Å². The van der Waals surface area contributed by atoms with E-state index in [2.05, 4.69) is 30.6 Å². The number of rotatable bonds is 13. The van der Waals surface area contributed by atoms with Crippen molar-refractivity contribution < 1.29 is 23.9 Å². The summed E-state index contributed by atoms with van der Waals surface area (Å²) >= 11 is 0. The summed E-state index contributed by atoms with van der Waals surface area (Å²) in [4.78, 5) is 39.6. The van der Waals surface area contributed by atoms with Crippen LogP contribution in [-0.2, 0) is 14.9 Å². The number of nitro benzene ring substituents is 1. The summed E-state index contributed by atoms with van der Waals surface area (Å²) in [6.07, 6.45) is 2.40. The molecule has 2 heterocycles. The molecule has 2 amide bonds. The minimum atomic E-state index is -0.937. The molecule has 0 aliphatic heterocycles. The third-order valence-electron chi connectivity index (χ3n) is 5.88. The molecule has 0 unspecified atom stereocenters. The third-order valence-corrected chi connectivity index (χ3v) is 5.88. The molecule has 4 N–H and O–H groups in total. The Bertz CT molecular complexity index is 1210. The number of benzene rings is 1. The smallest absolute Gasteiger partial charge is 0.300 e. The van der Waals surface area contributed by atoms with Gasteiger partial charge in [0.15, 0.2) is 5.52 Å². The van der Waals surface area contributed by atoms with Crippen LogP contribution in [-0.4, -0.2) is 58.3 Å². The summed E-state index contributed by atoms with van der Waals surface area (Å²) in [7, 11) is 0. The van der Waals surface area contributed by atoms with Crippen molar-refractivity contribution >= 4 is 34.2 Å². The molecule has 13 nitrogen and oxygen atoms in total. The molecule has 3 aromatic rings. The first-order valence-corrected chi connectivity index (χ1v) is 11.1. The van der Waals surface area contributed by atoms with Crippen molar-refractivity contribution in [2.75, 3.05) is 31.6 Å². The molecule has 0 fully saturated rings. The molecular formula is C22H27N7O6. The van der Waals surface area contributed by atoms with Gasteiger partial charge in [-0.3, -0.25) is 24.7 Å². The van der Waals surface area contributed by atoms with Gasteiger partial charge in [0.05, 0.1) is 29.2 Å². The maximum absolute atomic E-state index is 13.1. The SMILES string of the molecule is CCC(CC)(C(=O)NCCOCCNc1ccc([N+](=O)[O-])c2nonc12)c1cccnc1C(N)=O. The van der Waals surface area contributed by atoms with E-state index in [-0.39, 0.29) is 41.5 Å². The highest BCUT2D eigenvalue weighted by molar-refractivity contribution is 5.97. The number of non-ortho nitro benzene ring substituents is 1. The summed E-state index contributed by atoms with van der Waals surface area (Å²) in [5.74, 6) is -0.909. The zero-order chi connectivity index (χ0) is 25.4. The second-order valence-corrected chi connectivity index (χ2v) is 7.70. The molecule has 3 rings (SSSR count). The molecule has 35 heavy (non-hydrogen) atoms. The number of carbonyl (C=O) groups is 2. The largest absolute Gasteiger partial charge is 0.381 e. The Labute approximate surface area is 200 Å². The van der Waals surface area contributed by atoms with E-state index in [1.54, 1.807) is 12.1 Å². The number of anilines is 1. The number of carbonyl (C=O) groups excluding carboxylic acids is 2. The van der Waals surface area contributed by atoms with E-state index in [4.69, 9.17) is 10.5 Å². The van der Waals surface area contributed by atoms with Crippen LogP contribution < -0.4 is 16.4 Å². The summed E-state index contributed by atoms with van der Waals surface area (Å²) in [6, 6.07) is 6.24. The van der Waals surface area contributed by atoms with E-state index >= 15 is 0 Å². The van der Waals surface area contributed by atoms with Crippen molar-refractivity contribution in [2.45, 2.75) is 32.1 Å². The van der Waals surface area contributed by atoms with Crippen molar-refractivity contribution in [3.8, 4) is 0 Å². The van der Waals surface area contributed by atoms with E-state index in [9.17, 15) is 19.7 Å². The van der Waals surface area contributed by atoms with Crippen LogP contribution in [0.2, 0.25) is 0 Å². The molecular weight excluding hydrogens is 458 g/mol. The van der Waals surface area contributed by atoms with Gasteiger partial charge in [-0.15, -0.1) is 0 Å². The quantitative estimate of drug-likeness (QED) is 0.183. The Morgan fingerprint density at radius 3 is 2.54 bits per heavy atom. The lowest BCUT2D eigenvalue weighted by atomic mass is 9.74. The Morgan fingerprint density at radius 1 is 1.14 bits per heavy atom. The fourth-order valence-electron chi connectivity index (χ4n) is 3.97. The monoisotopic (exact) mass is 485 g/mol. The van der Waals surface area contributed by atoms with Crippen molar-refractivity contribution in [3.05, 3.63) is 51.8 Å². The van der Waals surface area contributed by atoms with Crippen LogP contribution in [0.5, 0.6) is 0 Å². The molecule has 0 bridgehead atoms. The lowest BCUT2D eigenvalue weighted by Gasteiger charge is -2.31. The van der Waals surface area contributed by atoms with Gasteiger partial charge in [0.25, 0.3) is 5.91 Å². The number of nitro groups is 1. The first-order chi connectivity index (χ1) is 16.9. The summed E-state index contributed by atoms with van der Waals surface area (Å²) < 4.78 is 10.2. The fraction of sp³-hybridized carbons (Fsp3) is 0.409. The van der Waals surface area contributed by atoms with Gasteiger partial charge in [-0.05, 0) is 40.9 Å². The van der Waals surface area contributed by atoms with E-state index < -0.39 is 16.2 Å². The summed E-state index contributed by atoms with van der Waals surface area (Å²) in [5, 5.41) is 24.3. The van der Waals surface area contributed by atoms with Gasteiger partial charge in [-0.1, -0.05) is 19.9 Å². The second kappa shape index (κ2) is 11.3. The number of ether oxygens (including phenoxy) is 1. The predicted molar refractivity (Wildman–Crippen MR) is 126 cm³/mol. The number of nitrogens with two attached hydrogens (primary N) is 1. The summed E-state index contributed by atoms with van der Waals surface area (Å²) in [6.45, 7) is 4.97. The maximum atomic E-state index is 13.1. The number of primary amides is 1. The predicted octanol–water partition coefficient (Wildman–Crippen LogP) is 1.93. The molecule has 0 aliphatic rings. The Kier molecular flexibility index (Phi) is 8.25. The zero-order valence-corrected chi connectivity index (χ0v) is 19.4. The van der Waals surface area contributed by atoms with Crippen LogP contribution in [0.4, 0.5) is 11.4 Å².